The van der Waals surface area contributed by atoms with Gasteiger partial charge in [-0.3, -0.25) is 0 Å². The van der Waals surface area contributed by atoms with Gasteiger partial charge in [0.15, 0.2) is 0 Å². The lowest BCUT2D eigenvalue weighted by Crippen LogP contribution is -2.08. The molecule has 1 heterocycles. The van der Waals surface area contributed by atoms with E-state index in [0.717, 1.165) is 4.47 Å². The number of hydrogen-bond acceptors (Lipinski definition) is 5. The Bertz CT molecular complexity index is 572. The molecule has 98 valence electrons. The molecular formula is C13H11BrN2O3. The van der Waals surface area contributed by atoms with Crippen molar-refractivity contribution in [1.29, 1.82) is 0 Å². The summed E-state index contributed by atoms with van der Waals surface area (Å²) in [4.78, 5) is 11.7. The summed E-state index contributed by atoms with van der Waals surface area (Å²) in [6, 6.07) is 8.69. The molecule has 1 aromatic heterocycles. The quantitative estimate of drug-likeness (QED) is 0.809. The summed E-state index contributed by atoms with van der Waals surface area (Å²) in [5, 5.41) is 7.52. The summed E-state index contributed by atoms with van der Waals surface area (Å²) in [5.74, 6) is 0.210. The Morgan fingerprint density at radius 1 is 1.26 bits per heavy atom. The average Bonchev–Trinajstić information content (AvgIpc) is 2.42. The molecule has 0 saturated carbocycles. The van der Waals surface area contributed by atoms with Gasteiger partial charge >= 0.3 is 5.97 Å². The highest BCUT2D eigenvalue weighted by Gasteiger charge is 2.15. The van der Waals surface area contributed by atoms with Crippen LogP contribution in [0.2, 0.25) is 0 Å². The topological polar surface area (TPSA) is 61.3 Å². The van der Waals surface area contributed by atoms with Crippen molar-refractivity contribution in [3.63, 3.8) is 0 Å². The minimum atomic E-state index is -0.482. The lowest BCUT2D eigenvalue weighted by molar-refractivity contribution is 0.0522. The first-order valence-electron chi connectivity index (χ1n) is 5.63. The lowest BCUT2D eigenvalue weighted by Gasteiger charge is -2.08. The summed E-state index contributed by atoms with van der Waals surface area (Å²) < 4.78 is 11.4. The Labute approximate surface area is 118 Å². The Morgan fingerprint density at radius 2 is 2.00 bits per heavy atom. The van der Waals surface area contributed by atoms with Crippen LogP contribution < -0.4 is 4.74 Å². The highest BCUT2D eigenvalue weighted by molar-refractivity contribution is 9.10. The molecule has 0 saturated heterocycles. The minimum Gasteiger partial charge on any atom is -0.462 e. The number of nitrogens with zero attached hydrogens (tertiary/aromatic N) is 2. The van der Waals surface area contributed by atoms with Gasteiger partial charge in [0.25, 0.3) is 5.88 Å². The highest BCUT2D eigenvalue weighted by Crippen LogP contribution is 2.24. The predicted octanol–water partition coefficient (Wildman–Crippen LogP) is 3.21. The number of carbonyl (C=O) groups excluding carboxylic acids is 1. The molecule has 2 aromatic rings. The normalized spacial score (nSPS) is 10.0. The zero-order valence-corrected chi connectivity index (χ0v) is 11.8. The Balaban J connectivity index is 2.24. The van der Waals surface area contributed by atoms with Crippen molar-refractivity contribution in [2.75, 3.05) is 6.61 Å². The van der Waals surface area contributed by atoms with Crippen molar-refractivity contribution >= 4 is 21.9 Å². The van der Waals surface area contributed by atoms with Gasteiger partial charge in [-0.25, -0.2) is 4.79 Å². The van der Waals surface area contributed by atoms with Crippen molar-refractivity contribution in [3.8, 4) is 11.6 Å². The van der Waals surface area contributed by atoms with Crippen LogP contribution in [0, 0.1) is 0 Å². The molecule has 0 spiro atoms. The second-order valence-corrected chi connectivity index (χ2v) is 4.44. The van der Waals surface area contributed by atoms with E-state index in [9.17, 15) is 4.79 Å². The molecular weight excluding hydrogens is 312 g/mol. The maximum Gasteiger partial charge on any atom is 0.343 e. The van der Waals surface area contributed by atoms with Crippen LogP contribution in [0.1, 0.15) is 17.3 Å². The number of halogens is 1. The summed E-state index contributed by atoms with van der Waals surface area (Å²) in [6.45, 7) is 2.03. The molecule has 0 bridgehead atoms. The first kappa shape index (κ1) is 13.5. The van der Waals surface area contributed by atoms with Crippen LogP contribution in [-0.4, -0.2) is 22.8 Å². The van der Waals surface area contributed by atoms with Gasteiger partial charge in [0.2, 0.25) is 0 Å². The number of aromatic nitrogens is 2. The van der Waals surface area contributed by atoms with E-state index in [2.05, 4.69) is 26.1 Å². The van der Waals surface area contributed by atoms with Crippen LogP contribution in [0.25, 0.3) is 0 Å². The maximum atomic E-state index is 11.7. The molecule has 0 amide bonds. The van der Waals surface area contributed by atoms with Gasteiger partial charge in [-0.15, -0.1) is 5.10 Å². The molecule has 0 fully saturated rings. The van der Waals surface area contributed by atoms with Gasteiger partial charge < -0.3 is 9.47 Å². The van der Waals surface area contributed by atoms with Gasteiger partial charge in [0.1, 0.15) is 11.3 Å². The number of carbonyl (C=O) groups is 1. The monoisotopic (exact) mass is 322 g/mol. The van der Waals surface area contributed by atoms with Gasteiger partial charge in [-0.1, -0.05) is 15.9 Å². The fraction of sp³-hybridized carbons (Fsp3) is 0.154. The van der Waals surface area contributed by atoms with Gasteiger partial charge in [0.05, 0.1) is 12.8 Å². The van der Waals surface area contributed by atoms with Gasteiger partial charge in [-0.05, 0) is 37.3 Å². The first-order valence-corrected chi connectivity index (χ1v) is 6.42. The van der Waals surface area contributed by atoms with E-state index in [-0.39, 0.29) is 11.4 Å². The van der Waals surface area contributed by atoms with Crippen LogP contribution in [0.15, 0.2) is 41.0 Å². The molecule has 0 aliphatic rings. The number of ether oxygens (including phenoxy) is 2. The Kier molecular flexibility index (Phi) is 4.46. The molecule has 0 unspecified atom stereocenters. The first-order chi connectivity index (χ1) is 9.20. The third-order valence-corrected chi connectivity index (χ3v) is 2.74. The molecule has 6 heteroatoms. The van der Waals surface area contributed by atoms with E-state index in [1.54, 1.807) is 19.1 Å². The van der Waals surface area contributed by atoms with E-state index in [1.165, 1.54) is 12.3 Å². The molecule has 2 rings (SSSR count). The molecule has 5 nitrogen and oxygen atoms in total. The Morgan fingerprint density at radius 3 is 2.68 bits per heavy atom. The predicted molar refractivity (Wildman–Crippen MR) is 72.2 cm³/mol. The zero-order valence-electron chi connectivity index (χ0n) is 10.2. The van der Waals surface area contributed by atoms with Crippen molar-refractivity contribution in [1.82, 2.24) is 10.2 Å². The lowest BCUT2D eigenvalue weighted by atomic mass is 10.3. The number of rotatable bonds is 4. The van der Waals surface area contributed by atoms with Gasteiger partial charge in [-0.2, -0.15) is 5.10 Å². The van der Waals surface area contributed by atoms with Crippen molar-refractivity contribution in [2.45, 2.75) is 6.92 Å². The number of benzene rings is 1. The molecule has 19 heavy (non-hydrogen) atoms. The minimum absolute atomic E-state index is 0.128. The fourth-order valence-electron chi connectivity index (χ4n) is 1.37. The van der Waals surface area contributed by atoms with Crippen molar-refractivity contribution < 1.29 is 14.3 Å². The molecule has 1 aromatic carbocycles. The average molecular weight is 323 g/mol. The number of hydrogen-bond donors (Lipinski definition) is 0. The van der Waals surface area contributed by atoms with E-state index in [4.69, 9.17) is 9.47 Å². The van der Waals surface area contributed by atoms with E-state index in [1.807, 2.05) is 12.1 Å². The SMILES string of the molecule is CCOC(=O)c1ccnnc1Oc1ccc(Br)cc1. The molecule has 0 aliphatic carbocycles. The van der Waals surface area contributed by atoms with Crippen LogP contribution >= 0.6 is 15.9 Å². The van der Waals surface area contributed by atoms with Crippen LogP contribution in [0.3, 0.4) is 0 Å². The smallest absolute Gasteiger partial charge is 0.343 e. The van der Waals surface area contributed by atoms with Crippen LogP contribution in [0.4, 0.5) is 0 Å². The second kappa shape index (κ2) is 6.29. The third kappa shape index (κ3) is 3.51. The highest BCUT2D eigenvalue weighted by atomic mass is 79.9. The summed E-state index contributed by atoms with van der Waals surface area (Å²) in [5.41, 5.74) is 0.250. The molecule has 0 aliphatic heterocycles. The second-order valence-electron chi connectivity index (χ2n) is 3.53. The van der Waals surface area contributed by atoms with Crippen molar-refractivity contribution in [2.24, 2.45) is 0 Å². The maximum absolute atomic E-state index is 11.7. The summed E-state index contributed by atoms with van der Waals surface area (Å²) >= 11 is 3.33. The Hall–Kier alpha value is -1.95. The number of esters is 1. The third-order valence-electron chi connectivity index (χ3n) is 2.21. The van der Waals surface area contributed by atoms with E-state index >= 15 is 0 Å². The summed E-state index contributed by atoms with van der Waals surface area (Å²) in [7, 11) is 0. The standard InChI is InChI=1S/C13H11BrN2O3/c1-2-18-13(17)11-7-8-15-16-12(11)19-10-5-3-9(14)4-6-10/h3-8H,2H2,1H3. The molecule has 0 radical (unpaired) electrons. The largest absolute Gasteiger partial charge is 0.462 e. The van der Waals surface area contributed by atoms with Crippen LogP contribution in [0.5, 0.6) is 11.6 Å². The summed E-state index contributed by atoms with van der Waals surface area (Å²) in [6.07, 6.45) is 1.42. The van der Waals surface area contributed by atoms with Gasteiger partial charge in [0, 0.05) is 4.47 Å². The fourth-order valence-corrected chi connectivity index (χ4v) is 1.64. The molecule has 0 atom stereocenters. The van der Waals surface area contributed by atoms with Crippen LogP contribution in [-0.2, 0) is 4.74 Å². The van der Waals surface area contributed by atoms with Crippen molar-refractivity contribution in [3.05, 3.63) is 46.6 Å². The zero-order chi connectivity index (χ0) is 13.7. The molecule has 0 N–H and O–H groups in total. The van der Waals surface area contributed by atoms with E-state index in [0.29, 0.717) is 12.4 Å². The van der Waals surface area contributed by atoms with E-state index < -0.39 is 5.97 Å².